The molecule has 1 N–H and O–H groups in total. The van der Waals surface area contributed by atoms with E-state index in [0.29, 0.717) is 28.6 Å². The molecule has 1 atom stereocenters. The smallest absolute Gasteiger partial charge is 0.328 e. The molecule has 0 aliphatic heterocycles. The summed E-state index contributed by atoms with van der Waals surface area (Å²) in [5, 5.41) is 8.28. The number of thiophene rings is 1. The zero-order valence-corrected chi connectivity index (χ0v) is 16.2. The molecule has 0 fully saturated rings. The molecule has 3 rings (SSSR count). The minimum atomic E-state index is -0.810. The average Bonchev–Trinajstić information content (AvgIpc) is 3.39. The van der Waals surface area contributed by atoms with E-state index in [1.54, 1.807) is 24.4 Å². The number of aromatic nitrogens is 2. The number of hydrogen-bond donors (Lipinski definition) is 1. The molecule has 0 aliphatic rings. The van der Waals surface area contributed by atoms with Gasteiger partial charge in [-0.2, -0.15) is 4.98 Å². The van der Waals surface area contributed by atoms with Crippen molar-refractivity contribution in [3.63, 3.8) is 0 Å². The summed E-state index contributed by atoms with van der Waals surface area (Å²) < 4.78 is 15.9. The van der Waals surface area contributed by atoms with E-state index in [2.05, 4.69) is 15.5 Å². The lowest BCUT2D eigenvalue weighted by Crippen LogP contribution is -2.39. The number of nitrogens with zero attached hydrogens (tertiary/aromatic N) is 2. The summed E-state index contributed by atoms with van der Waals surface area (Å²) >= 11 is 1.29. The van der Waals surface area contributed by atoms with Crippen molar-refractivity contribution in [1.29, 1.82) is 0 Å². The highest BCUT2D eigenvalue weighted by atomic mass is 32.1. The predicted octanol–water partition coefficient (Wildman–Crippen LogP) is 3.06. The molecule has 0 saturated heterocycles. The van der Waals surface area contributed by atoms with Crippen LogP contribution in [0.25, 0.3) is 11.4 Å². The third kappa shape index (κ3) is 4.74. The number of rotatable bonds is 8. The van der Waals surface area contributed by atoms with Crippen LogP contribution in [0.5, 0.6) is 5.75 Å². The fourth-order valence-corrected chi connectivity index (χ4v) is 2.97. The first kappa shape index (κ1) is 19.6. The Kier molecular flexibility index (Phi) is 6.38. The molecule has 1 unspecified atom stereocenters. The molecule has 0 radical (unpaired) electrons. The van der Waals surface area contributed by atoms with Gasteiger partial charge in [0.05, 0.1) is 17.0 Å². The average molecular weight is 401 g/mol. The molecule has 1 aromatic carbocycles. The van der Waals surface area contributed by atoms with Crippen LogP contribution in [0.15, 0.2) is 46.3 Å². The zero-order valence-electron chi connectivity index (χ0n) is 15.4. The number of esters is 1. The molecule has 0 spiro atoms. The van der Waals surface area contributed by atoms with Crippen molar-refractivity contribution in [3.05, 3.63) is 52.5 Å². The van der Waals surface area contributed by atoms with Crippen molar-refractivity contribution < 1.29 is 23.6 Å². The van der Waals surface area contributed by atoms with Crippen LogP contribution in [0.4, 0.5) is 0 Å². The summed E-state index contributed by atoms with van der Waals surface area (Å²) in [6.45, 7) is 3.75. The molecule has 2 aromatic heterocycles. The Morgan fingerprint density at radius 1 is 1.25 bits per heavy atom. The van der Waals surface area contributed by atoms with Crippen LogP contribution in [0.1, 0.15) is 29.4 Å². The van der Waals surface area contributed by atoms with E-state index in [9.17, 15) is 9.59 Å². The minimum Gasteiger partial charge on any atom is -0.493 e. The van der Waals surface area contributed by atoms with Gasteiger partial charge in [-0.25, -0.2) is 4.79 Å². The number of ether oxygens (including phenoxy) is 2. The standard InChI is InChI=1S/C19H19N3O5S/c1-3-25-14-8-5-4-7-13(14)17-21-16(27-22-17)11-26-19(24)12(2)20-18(23)15-9-6-10-28-15/h4-10,12H,3,11H2,1-2H3,(H,20,23). The van der Waals surface area contributed by atoms with E-state index >= 15 is 0 Å². The van der Waals surface area contributed by atoms with Crippen molar-refractivity contribution in [2.24, 2.45) is 0 Å². The van der Waals surface area contributed by atoms with E-state index in [4.69, 9.17) is 14.0 Å². The summed E-state index contributed by atoms with van der Waals surface area (Å²) in [5.74, 6) is 0.200. The van der Waals surface area contributed by atoms with Crippen LogP contribution in [-0.4, -0.2) is 34.7 Å². The largest absolute Gasteiger partial charge is 0.493 e. The number of carbonyl (C=O) groups excluding carboxylic acids is 2. The maximum absolute atomic E-state index is 12.1. The lowest BCUT2D eigenvalue weighted by atomic mass is 10.2. The van der Waals surface area contributed by atoms with Crippen molar-refractivity contribution >= 4 is 23.2 Å². The number of carbonyl (C=O) groups is 2. The highest BCUT2D eigenvalue weighted by Crippen LogP contribution is 2.27. The SMILES string of the molecule is CCOc1ccccc1-c1noc(COC(=O)C(C)NC(=O)c2cccs2)n1. The maximum Gasteiger partial charge on any atom is 0.328 e. The Labute approximate surface area is 165 Å². The van der Waals surface area contributed by atoms with E-state index in [-0.39, 0.29) is 18.4 Å². The van der Waals surface area contributed by atoms with E-state index in [0.717, 1.165) is 0 Å². The molecular weight excluding hydrogens is 382 g/mol. The highest BCUT2D eigenvalue weighted by Gasteiger charge is 2.20. The van der Waals surface area contributed by atoms with Gasteiger partial charge in [0, 0.05) is 0 Å². The number of nitrogens with one attached hydrogen (secondary N) is 1. The van der Waals surface area contributed by atoms with E-state index in [1.165, 1.54) is 11.3 Å². The molecule has 1 amide bonds. The summed E-state index contributed by atoms with van der Waals surface area (Å²) in [6.07, 6.45) is 0. The van der Waals surface area contributed by atoms with Gasteiger partial charge in [-0.05, 0) is 37.4 Å². The quantitative estimate of drug-likeness (QED) is 0.579. The van der Waals surface area contributed by atoms with Gasteiger partial charge in [-0.1, -0.05) is 23.4 Å². The van der Waals surface area contributed by atoms with Gasteiger partial charge in [0.15, 0.2) is 6.61 Å². The lowest BCUT2D eigenvalue weighted by molar-refractivity contribution is -0.147. The monoisotopic (exact) mass is 401 g/mol. The van der Waals surface area contributed by atoms with Crippen LogP contribution < -0.4 is 10.1 Å². The van der Waals surface area contributed by atoms with E-state index in [1.807, 2.05) is 31.2 Å². The van der Waals surface area contributed by atoms with Gasteiger partial charge >= 0.3 is 5.97 Å². The van der Waals surface area contributed by atoms with Crippen LogP contribution in [0.3, 0.4) is 0 Å². The van der Waals surface area contributed by atoms with E-state index < -0.39 is 12.0 Å². The van der Waals surface area contributed by atoms with Crippen LogP contribution in [0, 0.1) is 0 Å². The Morgan fingerprint density at radius 2 is 2.07 bits per heavy atom. The molecule has 28 heavy (non-hydrogen) atoms. The number of para-hydroxylation sites is 1. The first-order chi connectivity index (χ1) is 13.6. The Hall–Kier alpha value is -3.20. The topological polar surface area (TPSA) is 104 Å². The number of amides is 1. The molecule has 9 heteroatoms. The van der Waals surface area contributed by atoms with Gasteiger partial charge < -0.3 is 19.3 Å². The van der Waals surface area contributed by atoms with Crippen molar-refractivity contribution in [2.75, 3.05) is 6.61 Å². The lowest BCUT2D eigenvalue weighted by Gasteiger charge is -2.11. The first-order valence-corrected chi connectivity index (χ1v) is 9.52. The summed E-state index contributed by atoms with van der Waals surface area (Å²) in [4.78, 5) is 28.8. The second kappa shape index (κ2) is 9.14. The minimum absolute atomic E-state index is 0.145. The van der Waals surface area contributed by atoms with Gasteiger partial charge in [-0.3, -0.25) is 4.79 Å². The zero-order chi connectivity index (χ0) is 19.9. The fourth-order valence-electron chi connectivity index (χ4n) is 2.35. The Bertz CT molecular complexity index is 939. The molecule has 0 aliphatic carbocycles. The van der Waals surface area contributed by atoms with Crippen molar-refractivity contribution in [3.8, 4) is 17.1 Å². The highest BCUT2D eigenvalue weighted by molar-refractivity contribution is 7.12. The fraction of sp³-hybridized carbons (Fsp3) is 0.263. The number of benzene rings is 1. The predicted molar refractivity (Wildman–Crippen MR) is 102 cm³/mol. The second-order valence-electron chi connectivity index (χ2n) is 5.72. The summed E-state index contributed by atoms with van der Waals surface area (Å²) in [7, 11) is 0. The summed E-state index contributed by atoms with van der Waals surface area (Å²) in [5.41, 5.74) is 0.683. The molecule has 2 heterocycles. The Morgan fingerprint density at radius 3 is 2.82 bits per heavy atom. The third-order valence-corrected chi connectivity index (χ3v) is 4.55. The third-order valence-electron chi connectivity index (χ3n) is 3.68. The van der Waals surface area contributed by atoms with Gasteiger partial charge in [-0.15, -0.1) is 11.3 Å². The second-order valence-corrected chi connectivity index (χ2v) is 6.67. The van der Waals surface area contributed by atoms with Gasteiger partial charge in [0.2, 0.25) is 5.82 Å². The summed E-state index contributed by atoms with van der Waals surface area (Å²) in [6, 6.07) is 9.95. The van der Waals surface area contributed by atoms with Crippen molar-refractivity contribution in [2.45, 2.75) is 26.5 Å². The molecule has 3 aromatic rings. The molecular formula is C19H19N3O5S. The maximum atomic E-state index is 12.1. The number of hydrogen-bond acceptors (Lipinski definition) is 8. The van der Waals surface area contributed by atoms with Crippen LogP contribution in [0.2, 0.25) is 0 Å². The first-order valence-electron chi connectivity index (χ1n) is 8.64. The molecule has 0 bridgehead atoms. The molecule has 8 nitrogen and oxygen atoms in total. The van der Waals surface area contributed by atoms with Gasteiger partial charge in [0.1, 0.15) is 11.8 Å². The Balaban J connectivity index is 1.57. The molecule has 0 saturated carbocycles. The van der Waals surface area contributed by atoms with Crippen LogP contribution >= 0.6 is 11.3 Å². The van der Waals surface area contributed by atoms with Crippen molar-refractivity contribution in [1.82, 2.24) is 15.5 Å². The molecule has 146 valence electrons. The van der Waals surface area contributed by atoms with Crippen LogP contribution in [-0.2, 0) is 16.1 Å². The van der Waals surface area contributed by atoms with Gasteiger partial charge in [0.25, 0.3) is 11.8 Å². The normalized spacial score (nSPS) is 11.6.